The smallest absolute Gasteiger partial charge is 0.262 e. The number of pyridine rings is 2. The summed E-state index contributed by atoms with van der Waals surface area (Å²) >= 11 is 0. The largest absolute Gasteiger partial charge is 0.482 e. The number of nitrogens with zero attached hydrogens (tertiary/aromatic N) is 3. The van der Waals surface area contributed by atoms with E-state index in [4.69, 9.17) is 4.74 Å². The van der Waals surface area contributed by atoms with Gasteiger partial charge in [-0.05, 0) is 49.7 Å². The zero-order valence-electron chi connectivity index (χ0n) is 18.7. The third-order valence-electron chi connectivity index (χ3n) is 7.14. The van der Waals surface area contributed by atoms with Crippen molar-refractivity contribution in [3.8, 4) is 5.75 Å². The fraction of sp³-hybridized carbons (Fsp3) is 0.400. The highest BCUT2D eigenvalue weighted by atomic mass is 19.1. The van der Waals surface area contributed by atoms with E-state index in [0.717, 1.165) is 50.3 Å². The normalized spacial score (nSPS) is 20.3. The van der Waals surface area contributed by atoms with E-state index < -0.39 is 0 Å². The van der Waals surface area contributed by atoms with Crippen LogP contribution in [-0.2, 0) is 17.9 Å². The average Bonchev–Trinajstić information content (AvgIpc) is 3.23. The number of carbonyl (C=O) groups excluding carboxylic acids is 1. The minimum atomic E-state index is -0.322. The molecule has 0 unspecified atom stereocenters. The molecular formula is C25H26FN5O3. The summed E-state index contributed by atoms with van der Waals surface area (Å²) in [4.78, 5) is 30.4. The lowest BCUT2D eigenvalue weighted by Crippen LogP contribution is -2.43. The van der Waals surface area contributed by atoms with E-state index in [2.05, 4.69) is 20.5 Å². The van der Waals surface area contributed by atoms with Crippen LogP contribution in [0.25, 0.3) is 11.0 Å². The van der Waals surface area contributed by atoms with E-state index in [1.54, 1.807) is 10.6 Å². The van der Waals surface area contributed by atoms with E-state index in [1.165, 1.54) is 12.3 Å². The number of halogens is 1. The number of anilines is 1. The second kappa shape index (κ2) is 8.48. The highest BCUT2D eigenvalue weighted by Gasteiger charge is 2.31. The molecule has 5 heterocycles. The molecule has 1 amide bonds. The number of nitrogens with one attached hydrogen (secondary N) is 2. The summed E-state index contributed by atoms with van der Waals surface area (Å²) in [6.07, 6.45) is 3.27. The Bertz CT molecular complexity index is 1330. The number of hydrogen-bond acceptors (Lipinski definition) is 6. The van der Waals surface area contributed by atoms with E-state index in [0.29, 0.717) is 34.9 Å². The van der Waals surface area contributed by atoms with Crippen LogP contribution in [0.5, 0.6) is 5.75 Å². The lowest BCUT2D eigenvalue weighted by molar-refractivity contribution is -0.118. The van der Waals surface area contributed by atoms with Gasteiger partial charge >= 0.3 is 0 Å². The molecule has 176 valence electrons. The van der Waals surface area contributed by atoms with E-state index in [1.807, 2.05) is 18.2 Å². The van der Waals surface area contributed by atoms with Crippen LogP contribution in [0.4, 0.5) is 10.1 Å². The summed E-state index contributed by atoms with van der Waals surface area (Å²) in [5.74, 6) is 0.207. The topological polar surface area (TPSA) is 88.5 Å². The second-order valence-electron chi connectivity index (χ2n) is 9.36. The molecule has 0 aliphatic carbocycles. The fourth-order valence-electron chi connectivity index (χ4n) is 5.43. The zero-order chi connectivity index (χ0) is 23.2. The van der Waals surface area contributed by atoms with Crippen molar-refractivity contribution in [2.24, 2.45) is 0 Å². The summed E-state index contributed by atoms with van der Waals surface area (Å²) < 4.78 is 21.8. The van der Waals surface area contributed by atoms with Crippen molar-refractivity contribution in [3.05, 3.63) is 63.8 Å². The van der Waals surface area contributed by atoms with Crippen molar-refractivity contribution in [1.29, 1.82) is 0 Å². The molecule has 1 atom stereocenters. The lowest BCUT2D eigenvalue weighted by Gasteiger charge is -2.34. The molecule has 0 bridgehead atoms. The first-order valence-electron chi connectivity index (χ1n) is 11.7. The molecule has 0 radical (unpaired) electrons. The third-order valence-corrected chi connectivity index (χ3v) is 7.14. The maximum absolute atomic E-state index is 14.7. The average molecular weight is 464 g/mol. The van der Waals surface area contributed by atoms with Gasteiger partial charge in [0.2, 0.25) is 0 Å². The van der Waals surface area contributed by atoms with Crippen LogP contribution in [0.2, 0.25) is 0 Å². The monoisotopic (exact) mass is 463 g/mol. The van der Waals surface area contributed by atoms with Gasteiger partial charge < -0.3 is 24.8 Å². The number of piperidine rings is 1. The van der Waals surface area contributed by atoms with Crippen molar-refractivity contribution in [3.63, 3.8) is 0 Å². The van der Waals surface area contributed by atoms with Gasteiger partial charge in [-0.1, -0.05) is 6.07 Å². The Morgan fingerprint density at radius 1 is 1.18 bits per heavy atom. The van der Waals surface area contributed by atoms with Gasteiger partial charge in [-0.3, -0.25) is 14.6 Å². The third kappa shape index (κ3) is 3.84. The summed E-state index contributed by atoms with van der Waals surface area (Å²) in [6, 6.07) is 9.46. The number of amides is 1. The molecule has 8 nitrogen and oxygen atoms in total. The molecule has 3 aliphatic rings. The van der Waals surface area contributed by atoms with Crippen LogP contribution in [0.3, 0.4) is 0 Å². The molecule has 2 aromatic heterocycles. The number of aromatic nitrogens is 2. The van der Waals surface area contributed by atoms with Crippen LogP contribution in [-0.4, -0.2) is 52.6 Å². The van der Waals surface area contributed by atoms with Crippen molar-refractivity contribution in [2.45, 2.75) is 37.9 Å². The van der Waals surface area contributed by atoms with Gasteiger partial charge in [-0.15, -0.1) is 0 Å². The predicted molar refractivity (Wildman–Crippen MR) is 126 cm³/mol. The fourth-order valence-corrected chi connectivity index (χ4v) is 5.43. The molecule has 3 aliphatic heterocycles. The molecule has 0 saturated carbocycles. The Morgan fingerprint density at radius 2 is 2.03 bits per heavy atom. The molecule has 1 fully saturated rings. The Morgan fingerprint density at radius 3 is 2.88 bits per heavy atom. The minimum absolute atomic E-state index is 0.0435. The molecule has 9 heteroatoms. The SMILES string of the molecule is O=C1COc2ccc(CNC3CCN(C[C@@H]4Cn5c(=O)ccc6ncc(F)c4c65)CC3)cc2N1. The number of benzene rings is 1. The molecule has 2 N–H and O–H groups in total. The van der Waals surface area contributed by atoms with Gasteiger partial charge in [-0.25, -0.2) is 4.39 Å². The maximum Gasteiger partial charge on any atom is 0.262 e. The highest BCUT2D eigenvalue weighted by Crippen LogP contribution is 2.34. The van der Waals surface area contributed by atoms with Crippen LogP contribution in [0.15, 0.2) is 41.3 Å². The summed E-state index contributed by atoms with van der Waals surface area (Å²) in [5, 5.41) is 6.47. The zero-order valence-corrected chi connectivity index (χ0v) is 18.7. The number of carbonyl (C=O) groups is 1. The van der Waals surface area contributed by atoms with Crippen LogP contribution < -0.4 is 20.9 Å². The maximum atomic E-state index is 14.7. The Balaban J connectivity index is 1.06. The summed E-state index contributed by atoms with van der Waals surface area (Å²) in [6.45, 7) is 3.85. The van der Waals surface area contributed by atoms with Gasteiger partial charge in [0, 0.05) is 43.2 Å². The Kier molecular flexibility index (Phi) is 5.30. The number of fused-ring (bicyclic) bond motifs is 1. The Labute approximate surface area is 195 Å². The van der Waals surface area contributed by atoms with E-state index in [-0.39, 0.29) is 29.8 Å². The Hall–Kier alpha value is -3.30. The van der Waals surface area contributed by atoms with Gasteiger partial charge in [0.1, 0.15) is 11.6 Å². The van der Waals surface area contributed by atoms with Crippen molar-refractivity contribution in [1.82, 2.24) is 19.8 Å². The number of ether oxygens (including phenoxy) is 1. The van der Waals surface area contributed by atoms with Crippen LogP contribution >= 0.6 is 0 Å². The first-order chi connectivity index (χ1) is 16.5. The van der Waals surface area contributed by atoms with Gasteiger partial charge in [-0.2, -0.15) is 0 Å². The highest BCUT2D eigenvalue weighted by molar-refractivity contribution is 5.95. The molecule has 3 aromatic rings. The number of rotatable bonds is 5. The summed E-state index contributed by atoms with van der Waals surface area (Å²) in [5.41, 5.74) is 3.68. The minimum Gasteiger partial charge on any atom is -0.482 e. The van der Waals surface area contributed by atoms with E-state index in [9.17, 15) is 14.0 Å². The van der Waals surface area contributed by atoms with Crippen molar-refractivity contribution >= 4 is 22.6 Å². The van der Waals surface area contributed by atoms with E-state index >= 15 is 0 Å². The first kappa shape index (κ1) is 21.2. The molecule has 34 heavy (non-hydrogen) atoms. The van der Waals surface area contributed by atoms with Gasteiger partial charge in [0.05, 0.1) is 22.9 Å². The molecule has 0 spiro atoms. The number of hydrogen-bond donors (Lipinski definition) is 2. The molecule has 6 rings (SSSR count). The van der Waals surface area contributed by atoms with Crippen molar-refractivity contribution < 1.29 is 13.9 Å². The van der Waals surface area contributed by atoms with Crippen LogP contribution in [0, 0.1) is 5.82 Å². The lowest BCUT2D eigenvalue weighted by atomic mass is 9.98. The molecule has 1 aromatic carbocycles. The summed E-state index contributed by atoms with van der Waals surface area (Å²) in [7, 11) is 0. The van der Waals surface area contributed by atoms with Gasteiger partial charge in [0.15, 0.2) is 6.61 Å². The van der Waals surface area contributed by atoms with Gasteiger partial charge in [0.25, 0.3) is 11.5 Å². The predicted octanol–water partition coefficient (Wildman–Crippen LogP) is 2.22. The first-order valence-corrected chi connectivity index (χ1v) is 11.7. The number of likely N-dealkylation sites (tertiary alicyclic amines) is 1. The van der Waals surface area contributed by atoms with Crippen LogP contribution in [0.1, 0.15) is 29.9 Å². The standard InChI is InChI=1S/C25H26FN5O3/c26-18-11-28-19-2-4-23(33)31-13-16(24(18)25(19)31)12-30-7-5-17(6-8-30)27-10-15-1-3-21-20(9-15)29-22(32)14-34-21/h1-4,9,11,16-17,27H,5-8,10,12-14H2,(H,29,32)/t16-/m1/s1. The molecule has 1 saturated heterocycles. The second-order valence-corrected chi connectivity index (χ2v) is 9.36. The van der Waals surface area contributed by atoms with Crippen molar-refractivity contribution in [2.75, 3.05) is 31.6 Å². The molecular weight excluding hydrogens is 437 g/mol. The quantitative estimate of drug-likeness (QED) is 0.603.